The second-order valence-electron chi connectivity index (χ2n) is 4.87. The minimum atomic E-state index is -0.852. The van der Waals surface area contributed by atoms with Gasteiger partial charge < -0.3 is 15.2 Å². The molecular formula is C17H17N3O4. The van der Waals surface area contributed by atoms with Gasteiger partial charge in [-0.15, -0.1) is 0 Å². The standard InChI is InChI=1S/C17H17N3O4/c18-15(14-8-6-13(7-9-14)10-23-16(19)21)20-17(22)24-11-12-4-2-1-3-5-12/h1-9H,10-11H2,(H2,19,21)(H2,18,20,22). The van der Waals surface area contributed by atoms with Crippen LogP contribution in [0.1, 0.15) is 16.7 Å². The predicted molar refractivity (Wildman–Crippen MR) is 87.4 cm³/mol. The number of hydrogen-bond acceptors (Lipinski definition) is 5. The van der Waals surface area contributed by atoms with Crippen LogP contribution in [0.4, 0.5) is 9.59 Å². The highest BCUT2D eigenvalue weighted by Crippen LogP contribution is 2.06. The van der Waals surface area contributed by atoms with Crippen LogP contribution in [0.3, 0.4) is 0 Å². The number of hydrogen-bond donors (Lipinski definition) is 3. The van der Waals surface area contributed by atoms with Crippen LogP contribution in [-0.4, -0.2) is 18.0 Å². The fraction of sp³-hybridized carbons (Fsp3) is 0.118. The molecule has 7 nitrogen and oxygen atoms in total. The van der Waals surface area contributed by atoms with Crippen LogP contribution in [0.5, 0.6) is 0 Å². The van der Waals surface area contributed by atoms with Crippen molar-refractivity contribution in [2.45, 2.75) is 13.2 Å². The van der Waals surface area contributed by atoms with Crippen molar-refractivity contribution in [2.75, 3.05) is 0 Å². The van der Waals surface area contributed by atoms with E-state index in [0.717, 1.165) is 11.1 Å². The number of nitrogens with one attached hydrogen (secondary N) is 2. The van der Waals surface area contributed by atoms with E-state index in [2.05, 4.69) is 10.1 Å². The number of alkyl carbamates (subject to hydrolysis) is 1. The molecule has 0 heterocycles. The van der Waals surface area contributed by atoms with E-state index in [9.17, 15) is 9.59 Å². The molecule has 0 aliphatic carbocycles. The highest BCUT2D eigenvalue weighted by atomic mass is 16.5. The van der Waals surface area contributed by atoms with E-state index in [1.54, 1.807) is 24.3 Å². The Balaban J connectivity index is 1.82. The predicted octanol–water partition coefficient (Wildman–Crippen LogP) is 2.53. The van der Waals surface area contributed by atoms with E-state index < -0.39 is 12.2 Å². The van der Waals surface area contributed by atoms with Crippen LogP contribution in [0, 0.1) is 5.41 Å². The third-order valence-electron chi connectivity index (χ3n) is 3.06. The van der Waals surface area contributed by atoms with E-state index in [-0.39, 0.29) is 19.0 Å². The lowest BCUT2D eigenvalue weighted by molar-refractivity contribution is 0.145. The molecule has 2 rings (SSSR count). The van der Waals surface area contributed by atoms with Crippen LogP contribution in [0.2, 0.25) is 0 Å². The van der Waals surface area contributed by atoms with Crippen molar-refractivity contribution in [3.05, 3.63) is 71.3 Å². The van der Waals surface area contributed by atoms with Gasteiger partial charge in [0.1, 0.15) is 19.0 Å². The normalized spacial score (nSPS) is 9.83. The molecule has 0 aromatic heterocycles. The molecule has 0 unspecified atom stereocenters. The molecule has 0 atom stereocenters. The lowest BCUT2D eigenvalue weighted by atomic mass is 10.1. The molecule has 0 spiro atoms. The molecule has 2 aromatic carbocycles. The first-order valence-electron chi connectivity index (χ1n) is 7.12. The van der Waals surface area contributed by atoms with Gasteiger partial charge in [-0.2, -0.15) is 0 Å². The summed E-state index contributed by atoms with van der Waals surface area (Å²) in [4.78, 5) is 22.2. The van der Waals surface area contributed by atoms with Crippen molar-refractivity contribution < 1.29 is 19.1 Å². The van der Waals surface area contributed by atoms with Crippen molar-refractivity contribution >= 4 is 18.0 Å². The van der Waals surface area contributed by atoms with Gasteiger partial charge in [0.2, 0.25) is 0 Å². The van der Waals surface area contributed by atoms with Gasteiger partial charge in [0, 0.05) is 5.56 Å². The fourth-order valence-electron chi connectivity index (χ4n) is 1.86. The Labute approximate surface area is 138 Å². The number of nitrogens with two attached hydrogens (primary N) is 1. The van der Waals surface area contributed by atoms with Crippen LogP contribution in [0.25, 0.3) is 0 Å². The van der Waals surface area contributed by atoms with Crippen molar-refractivity contribution in [3.63, 3.8) is 0 Å². The molecular weight excluding hydrogens is 310 g/mol. The monoisotopic (exact) mass is 327 g/mol. The van der Waals surface area contributed by atoms with Crippen LogP contribution >= 0.6 is 0 Å². The summed E-state index contributed by atoms with van der Waals surface area (Å²) in [5.41, 5.74) is 6.96. The maximum atomic E-state index is 11.7. The largest absolute Gasteiger partial charge is 0.445 e. The van der Waals surface area contributed by atoms with Crippen LogP contribution in [0.15, 0.2) is 54.6 Å². The molecule has 0 saturated heterocycles. The number of amides is 2. The Morgan fingerprint density at radius 1 is 0.917 bits per heavy atom. The smallest absolute Gasteiger partial charge is 0.413 e. The molecule has 2 aromatic rings. The van der Waals surface area contributed by atoms with Crippen molar-refractivity contribution in [3.8, 4) is 0 Å². The SMILES string of the molecule is N=C(NC(=O)OCc1ccccc1)c1ccc(COC(N)=O)cc1. The zero-order chi connectivity index (χ0) is 17.4. The molecule has 0 fully saturated rings. The van der Waals surface area contributed by atoms with Crippen LogP contribution < -0.4 is 11.1 Å². The number of carbonyl (C=O) groups is 2. The Morgan fingerprint density at radius 3 is 2.12 bits per heavy atom. The van der Waals surface area contributed by atoms with Crippen LogP contribution in [-0.2, 0) is 22.7 Å². The van der Waals surface area contributed by atoms with Gasteiger partial charge in [-0.1, -0.05) is 54.6 Å². The van der Waals surface area contributed by atoms with Gasteiger partial charge in [0.15, 0.2) is 0 Å². The van der Waals surface area contributed by atoms with E-state index in [0.29, 0.717) is 5.56 Å². The third kappa shape index (κ3) is 5.45. The summed E-state index contributed by atoms with van der Waals surface area (Å²) in [6.45, 7) is 0.179. The first-order valence-corrected chi connectivity index (χ1v) is 7.12. The zero-order valence-corrected chi connectivity index (χ0v) is 12.8. The molecule has 0 radical (unpaired) electrons. The van der Waals surface area contributed by atoms with Gasteiger partial charge in [-0.05, 0) is 11.1 Å². The molecule has 0 saturated carbocycles. The Morgan fingerprint density at radius 2 is 1.50 bits per heavy atom. The van der Waals surface area contributed by atoms with Gasteiger partial charge in [-0.25, -0.2) is 9.59 Å². The average molecular weight is 327 g/mol. The maximum absolute atomic E-state index is 11.7. The zero-order valence-electron chi connectivity index (χ0n) is 12.8. The maximum Gasteiger partial charge on any atom is 0.413 e. The molecule has 124 valence electrons. The molecule has 2 amide bonds. The van der Waals surface area contributed by atoms with Gasteiger partial charge in [0.25, 0.3) is 0 Å². The first-order chi connectivity index (χ1) is 11.5. The topological polar surface area (TPSA) is 114 Å². The van der Waals surface area contributed by atoms with Crippen molar-refractivity contribution in [1.82, 2.24) is 5.32 Å². The molecule has 24 heavy (non-hydrogen) atoms. The molecule has 7 heteroatoms. The lowest BCUT2D eigenvalue weighted by Crippen LogP contribution is -2.31. The van der Waals surface area contributed by atoms with E-state index in [1.165, 1.54) is 0 Å². The average Bonchev–Trinajstić information content (AvgIpc) is 2.59. The van der Waals surface area contributed by atoms with E-state index >= 15 is 0 Å². The number of benzene rings is 2. The summed E-state index contributed by atoms with van der Waals surface area (Å²) in [6.07, 6.45) is -1.56. The fourth-order valence-corrected chi connectivity index (χ4v) is 1.86. The Kier molecular flexibility index (Phi) is 5.90. The van der Waals surface area contributed by atoms with Crippen molar-refractivity contribution in [1.29, 1.82) is 5.41 Å². The second kappa shape index (κ2) is 8.33. The molecule has 0 aliphatic rings. The highest BCUT2D eigenvalue weighted by Gasteiger charge is 2.08. The summed E-state index contributed by atoms with van der Waals surface area (Å²) >= 11 is 0. The van der Waals surface area contributed by atoms with E-state index in [1.807, 2.05) is 30.3 Å². The lowest BCUT2D eigenvalue weighted by Gasteiger charge is -2.09. The summed E-state index contributed by atoms with van der Waals surface area (Å²) in [5.74, 6) is -0.0876. The Bertz CT molecular complexity index is 714. The van der Waals surface area contributed by atoms with Gasteiger partial charge >= 0.3 is 12.2 Å². The quantitative estimate of drug-likeness (QED) is 0.578. The number of rotatable bonds is 5. The minimum Gasteiger partial charge on any atom is -0.445 e. The number of amidine groups is 1. The highest BCUT2D eigenvalue weighted by molar-refractivity contribution is 6.04. The van der Waals surface area contributed by atoms with Crippen molar-refractivity contribution in [2.24, 2.45) is 5.73 Å². The number of ether oxygens (including phenoxy) is 2. The molecule has 0 aliphatic heterocycles. The van der Waals surface area contributed by atoms with Gasteiger partial charge in [-0.3, -0.25) is 10.7 Å². The third-order valence-corrected chi connectivity index (χ3v) is 3.06. The molecule has 0 bridgehead atoms. The first kappa shape index (κ1) is 17.0. The minimum absolute atomic E-state index is 0.0511. The van der Waals surface area contributed by atoms with Gasteiger partial charge in [0.05, 0.1) is 0 Å². The Hall–Kier alpha value is -3.35. The second-order valence-corrected chi connectivity index (χ2v) is 4.87. The number of carbonyl (C=O) groups excluding carboxylic acids is 2. The summed E-state index contributed by atoms with van der Waals surface area (Å²) < 4.78 is 9.71. The van der Waals surface area contributed by atoms with E-state index in [4.69, 9.17) is 15.9 Å². The summed E-state index contributed by atoms with van der Waals surface area (Å²) in [5, 5.41) is 10.2. The molecule has 4 N–H and O–H groups in total. The summed E-state index contributed by atoms with van der Waals surface area (Å²) in [6, 6.07) is 15.8. The summed E-state index contributed by atoms with van der Waals surface area (Å²) in [7, 11) is 0. The number of primary amides is 1.